The number of nitrogens with one attached hydrogen (secondary N) is 1. The summed E-state index contributed by atoms with van der Waals surface area (Å²) in [6.45, 7) is 11.4. The predicted octanol–water partition coefficient (Wildman–Crippen LogP) is 3.64. The van der Waals surface area contributed by atoms with Gasteiger partial charge in [0.1, 0.15) is 0 Å². The summed E-state index contributed by atoms with van der Waals surface area (Å²) >= 11 is 0. The Morgan fingerprint density at radius 2 is 1.62 bits per heavy atom. The lowest BCUT2D eigenvalue weighted by molar-refractivity contribution is 0.266. The Labute approximate surface area is 100 Å². The van der Waals surface area contributed by atoms with E-state index in [-0.39, 0.29) is 0 Å². The molecule has 2 unspecified atom stereocenters. The highest BCUT2D eigenvalue weighted by atomic mass is 14.9. The van der Waals surface area contributed by atoms with Crippen molar-refractivity contribution in [3.05, 3.63) is 35.9 Å². The fourth-order valence-corrected chi connectivity index (χ4v) is 1.70. The molecule has 0 fully saturated rings. The number of hydrogen-bond donors (Lipinski definition) is 1. The molecule has 0 aromatic heterocycles. The first-order valence-corrected chi connectivity index (χ1v) is 6.19. The molecule has 1 aromatic rings. The van der Waals surface area contributed by atoms with E-state index in [4.69, 9.17) is 0 Å². The molecule has 0 aliphatic carbocycles. The van der Waals surface area contributed by atoms with Crippen molar-refractivity contribution in [3.8, 4) is 0 Å². The molecular formula is C15H25N. The zero-order valence-corrected chi connectivity index (χ0v) is 11.2. The van der Waals surface area contributed by atoms with E-state index in [0.717, 1.165) is 6.42 Å². The number of rotatable bonds is 4. The molecule has 16 heavy (non-hydrogen) atoms. The molecule has 0 aliphatic rings. The van der Waals surface area contributed by atoms with E-state index in [1.54, 1.807) is 0 Å². The highest BCUT2D eigenvalue weighted by Gasteiger charge is 2.21. The highest BCUT2D eigenvalue weighted by Crippen LogP contribution is 2.19. The highest BCUT2D eigenvalue weighted by molar-refractivity contribution is 5.15. The van der Waals surface area contributed by atoms with Gasteiger partial charge in [0, 0.05) is 12.1 Å². The van der Waals surface area contributed by atoms with Crippen LogP contribution in [0.15, 0.2) is 30.3 Å². The van der Waals surface area contributed by atoms with Gasteiger partial charge in [0.2, 0.25) is 0 Å². The van der Waals surface area contributed by atoms with E-state index < -0.39 is 0 Å². The number of benzene rings is 1. The van der Waals surface area contributed by atoms with Gasteiger partial charge in [0.15, 0.2) is 0 Å². The van der Waals surface area contributed by atoms with Gasteiger partial charge < -0.3 is 5.32 Å². The smallest absolute Gasteiger partial charge is 0.00898 e. The molecule has 1 N–H and O–H groups in total. The van der Waals surface area contributed by atoms with Crippen molar-refractivity contribution < 1.29 is 0 Å². The lowest BCUT2D eigenvalue weighted by Gasteiger charge is -2.31. The van der Waals surface area contributed by atoms with Gasteiger partial charge in [-0.2, -0.15) is 0 Å². The van der Waals surface area contributed by atoms with Crippen LogP contribution in [-0.4, -0.2) is 12.1 Å². The van der Waals surface area contributed by atoms with Crippen molar-refractivity contribution in [2.24, 2.45) is 5.41 Å². The zero-order valence-electron chi connectivity index (χ0n) is 11.2. The van der Waals surface area contributed by atoms with Crippen LogP contribution in [0.2, 0.25) is 0 Å². The van der Waals surface area contributed by atoms with Crippen molar-refractivity contribution in [3.63, 3.8) is 0 Å². The first-order chi connectivity index (χ1) is 7.39. The van der Waals surface area contributed by atoms with Crippen LogP contribution in [0.3, 0.4) is 0 Å². The molecule has 0 saturated carbocycles. The molecule has 1 aromatic carbocycles. The fourth-order valence-electron chi connectivity index (χ4n) is 1.70. The van der Waals surface area contributed by atoms with Gasteiger partial charge in [-0.05, 0) is 31.2 Å². The van der Waals surface area contributed by atoms with E-state index in [9.17, 15) is 0 Å². The summed E-state index contributed by atoms with van der Waals surface area (Å²) in [5, 5.41) is 3.67. The molecule has 2 atom stereocenters. The van der Waals surface area contributed by atoms with E-state index in [2.05, 4.69) is 70.3 Å². The SMILES string of the molecule is CC(Cc1ccccc1)NC(C)C(C)(C)C. The van der Waals surface area contributed by atoms with E-state index in [0.29, 0.717) is 17.5 Å². The molecule has 1 nitrogen and oxygen atoms in total. The summed E-state index contributed by atoms with van der Waals surface area (Å²) in [5.41, 5.74) is 1.73. The molecule has 90 valence electrons. The second kappa shape index (κ2) is 5.49. The monoisotopic (exact) mass is 219 g/mol. The van der Waals surface area contributed by atoms with Crippen LogP contribution in [0.1, 0.15) is 40.2 Å². The van der Waals surface area contributed by atoms with Crippen molar-refractivity contribution in [2.75, 3.05) is 0 Å². The van der Waals surface area contributed by atoms with Crippen molar-refractivity contribution in [1.82, 2.24) is 5.32 Å². The quantitative estimate of drug-likeness (QED) is 0.815. The Morgan fingerprint density at radius 3 is 2.12 bits per heavy atom. The van der Waals surface area contributed by atoms with Crippen LogP contribution >= 0.6 is 0 Å². The van der Waals surface area contributed by atoms with Crippen LogP contribution < -0.4 is 5.32 Å². The van der Waals surface area contributed by atoms with Crippen molar-refractivity contribution in [1.29, 1.82) is 0 Å². The molecule has 0 amide bonds. The second-order valence-electron chi connectivity index (χ2n) is 5.85. The topological polar surface area (TPSA) is 12.0 Å². The van der Waals surface area contributed by atoms with Gasteiger partial charge in [-0.15, -0.1) is 0 Å². The van der Waals surface area contributed by atoms with Gasteiger partial charge >= 0.3 is 0 Å². The van der Waals surface area contributed by atoms with E-state index >= 15 is 0 Å². The Bertz CT molecular complexity index is 297. The van der Waals surface area contributed by atoms with Gasteiger partial charge in [0.25, 0.3) is 0 Å². The Hall–Kier alpha value is -0.820. The molecule has 0 heterocycles. The van der Waals surface area contributed by atoms with Crippen molar-refractivity contribution in [2.45, 2.75) is 53.1 Å². The minimum atomic E-state index is 0.324. The third-order valence-electron chi connectivity index (χ3n) is 3.22. The minimum Gasteiger partial charge on any atom is -0.311 e. The standard InChI is InChI=1S/C15H25N/c1-12(16-13(2)15(3,4)5)11-14-9-7-6-8-10-14/h6-10,12-13,16H,11H2,1-5H3. The summed E-state index contributed by atoms with van der Waals surface area (Å²) in [6, 6.07) is 11.7. The maximum absolute atomic E-state index is 3.67. The fraction of sp³-hybridized carbons (Fsp3) is 0.600. The zero-order chi connectivity index (χ0) is 12.2. The Balaban J connectivity index is 2.45. The van der Waals surface area contributed by atoms with Crippen LogP contribution in [0, 0.1) is 5.41 Å². The van der Waals surface area contributed by atoms with E-state index in [1.807, 2.05) is 0 Å². The lowest BCUT2D eigenvalue weighted by atomic mass is 9.87. The molecule has 1 rings (SSSR count). The molecule has 0 saturated heterocycles. The average molecular weight is 219 g/mol. The number of hydrogen-bond acceptors (Lipinski definition) is 1. The third-order valence-corrected chi connectivity index (χ3v) is 3.22. The van der Waals surface area contributed by atoms with Crippen LogP contribution in [0.5, 0.6) is 0 Å². The van der Waals surface area contributed by atoms with Gasteiger partial charge in [-0.3, -0.25) is 0 Å². The maximum Gasteiger partial charge on any atom is 0.00898 e. The summed E-state index contributed by atoms with van der Waals surface area (Å²) < 4.78 is 0. The molecule has 0 bridgehead atoms. The molecule has 1 heteroatoms. The van der Waals surface area contributed by atoms with Gasteiger partial charge in [-0.1, -0.05) is 51.1 Å². The van der Waals surface area contributed by atoms with Gasteiger partial charge in [0.05, 0.1) is 0 Å². The third kappa shape index (κ3) is 4.36. The lowest BCUT2D eigenvalue weighted by Crippen LogP contribution is -2.43. The van der Waals surface area contributed by atoms with Gasteiger partial charge in [-0.25, -0.2) is 0 Å². The van der Waals surface area contributed by atoms with Crippen LogP contribution in [0.4, 0.5) is 0 Å². The van der Waals surface area contributed by atoms with Crippen LogP contribution in [0.25, 0.3) is 0 Å². The summed E-state index contributed by atoms with van der Waals surface area (Å²) in [7, 11) is 0. The normalized spacial score (nSPS) is 15.8. The first kappa shape index (κ1) is 13.2. The minimum absolute atomic E-state index is 0.324. The predicted molar refractivity (Wildman–Crippen MR) is 71.7 cm³/mol. The molecular weight excluding hydrogens is 194 g/mol. The van der Waals surface area contributed by atoms with Crippen molar-refractivity contribution >= 4 is 0 Å². The van der Waals surface area contributed by atoms with E-state index in [1.165, 1.54) is 5.56 Å². The molecule has 0 spiro atoms. The summed E-state index contributed by atoms with van der Waals surface area (Å²) in [6.07, 6.45) is 1.10. The summed E-state index contributed by atoms with van der Waals surface area (Å²) in [5.74, 6) is 0. The maximum atomic E-state index is 3.67. The molecule has 0 aliphatic heterocycles. The largest absolute Gasteiger partial charge is 0.311 e. The second-order valence-corrected chi connectivity index (χ2v) is 5.85. The summed E-state index contributed by atoms with van der Waals surface area (Å²) in [4.78, 5) is 0. The average Bonchev–Trinajstić information content (AvgIpc) is 2.17. The van der Waals surface area contributed by atoms with Crippen LogP contribution in [-0.2, 0) is 6.42 Å². The Kier molecular flexibility index (Phi) is 4.55. The molecule has 0 radical (unpaired) electrons. The first-order valence-electron chi connectivity index (χ1n) is 6.19. The Morgan fingerprint density at radius 1 is 1.06 bits per heavy atom.